The predicted octanol–water partition coefficient (Wildman–Crippen LogP) is 2.39. The smallest absolute Gasteiger partial charge is 0.0589 e. The Kier molecular flexibility index (Phi) is 7.62. The average molecular weight is 300 g/mol. The number of hydrogen-bond acceptors (Lipinski definition) is 4. The van der Waals surface area contributed by atoms with Crippen LogP contribution in [-0.4, -0.2) is 63.5 Å². The monoisotopic (exact) mass is 300 g/mol. The summed E-state index contributed by atoms with van der Waals surface area (Å²) >= 11 is 0. The summed E-state index contributed by atoms with van der Waals surface area (Å²) in [4.78, 5) is 2.55. The van der Waals surface area contributed by atoms with Gasteiger partial charge in [-0.05, 0) is 33.1 Å². The molecule has 0 amide bonds. The van der Waals surface area contributed by atoms with Crippen molar-refractivity contribution in [2.75, 3.05) is 53.1 Å². The fraction of sp³-hybridized carbons (Fsp3) is 1.00. The number of ether oxygens (including phenoxy) is 2. The molecule has 1 saturated heterocycles. The molecule has 0 bridgehead atoms. The second kappa shape index (κ2) is 8.47. The summed E-state index contributed by atoms with van der Waals surface area (Å²) in [5.74, 6) is 0.678. The molecule has 1 aliphatic rings. The van der Waals surface area contributed by atoms with Gasteiger partial charge in [-0.25, -0.2) is 0 Å². The summed E-state index contributed by atoms with van der Waals surface area (Å²) in [6.45, 7) is 18.1. The third-order valence-electron chi connectivity index (χ3n) is 3.97. The van der Waals surface area contributed by atoms with Gasteiger partial charge >= 0.3 is 0 Å². The van der Waals surface area contributed by atoms with E-state index in [9.17, 15) is 0 Å². The van der Waals surface area contributed by atoms with Gasteiger partial charge in [-0.15, -0.1) is 0 Å². The first-order chi connectivity index (χ1) is 9.76. The van der Waals surface area contributed by atoms with Crippen LogP contribution in [0.1, 0.15) is 41.0 Å². The summed E-state index contributed by atoms with van der Waals surface area (Å²) in [6, 6.07) is 0. The fourth-order valence-electron chi connectivity index (χ4n) is 2.87. The van der Waals surface area contributed by atoms with Crippen molar-refractivity contribution in [1.29, 1.82) is 0 Å². The molecule has 1 N–H and O–H groups in total. The molecule has 126 valence electrons. The Hall–Kier alpha value is -0.160. The van der Waals surface area contributed by atoms with Crippen LogP contribution in [0.15, 0.2) is 0 Å². The van der Waals surface area contributed by atoms with E-state index in [1.165, 1.54) is 0 Å². The minimum Gasteiger partial charge on any atom is -0.383 e. The Morgan fingerprint density at radius 2 is 2.05 bits per heavy atom. The molecule has 4 heteroatoms. The van der Waals surface area contributed by atoms with Crippen molar-refractivity contribution in [3.05, 3.63) is 0 Å². The van der Waals surface area contributed by atoms with E-state index in [-0.39, 0.29) is 11.0 Å². The normalized spacial score (nSPS) is 23.4. The Morgan fingerprint density at radius 3 is 2.52 bits per heavy atom. The minimum absolute atomic E-state index is 0.158. The Balaban J connectivity index is 2.64. The van der Waals surface area contributed by atoms with E-state index in [2.05, 4.69) is 44.8 Å². The van der Waals surface area contributed by atoms with Gasteiger partial charge in [-0.2, -0.15) is 0 Å². The molecule has 0 aromatic rings. The maximum atomic E-state index is 5.74. The number of hydrogen-bond donors (Lipinski definition) is 1. The van der Waals surface area contributed by atoms with Crippen LogP contribution in [0.2, 0.25) is 0 Å². The highest BCUT2D eigenvalue weighted by Crippen LogP contribution is 2.30. The van der Waals surface area contributed by atoms with Gasteiger partial charge < -0.3 is 19.7 Å². The third-order valence-corrected chi connectivity index (χ3v) is 3.97. The Labute approximate surface area is 131 Å². The second-order valence-corrected chi connectivity index (χ2v) is 8.03. The summed E-state index contributed by atoms with van der Waals surface area (Å²) in [5.41, 5.74) is 0.404. The van der Waals surface area contributed by atoms with Crippen LogP contribution in [0, 0.1) is 11.3 Å². The van der Waals surface area contributed by atoms with Crippen LogP contribution in [0.25, 0.3) is 0 Å². The van der Waals surface area contributed by atoms with E-state index in [4.69, 9.17) is 9.47 Å². The van der Waals surface area contributed by atoms with Crippen molar-refractivity contribution in [1.82, 2.24) is 10.2 Å². The first kappa shape index (κ1) is 18.9. The van der Waals surface area contributed by atoms with E-state index >= 15 is 0 Å². The Bertz CT molecular complexity index is 281. The van der Waals surface area contributed by atoms with Crippen LogP contribution in [0.3, 0.4) is 0 Å². The van der Waals surface area contributed by atoms with Crippen molar-refractivity contribution in [2.24, 2.45) is 11.3 Å². The molecule has 0 aliphatic carbocycles. The molecule has 0 radical (unpaired) electrons. The lowest BCUT2D eigenvalue weighted by Crippen LogP contribution is -2.50. The highest BCUT2D eigenvalue weighted by atomic mass is 16.5. The first-order valence-electron chi connectivity index (χ1n) is 8.30. The highest BCUT2D eigenvalue weighted by Gasteiger charge is 2.37. The maximum absolute atomic E-state index is 5.74. The average Bonchev–Trinajstić information content (AvgIpc) is 2.81. The lowest BCUT2D eigenvalue weighted by atomic mass is 9.85. The lowest BCUT2D eigenvalue weighted by molar-refractivity contribution is 0.0772. The maximum Gasteiger partial charge on any atom is 0.0589 e. The van der Waals surface area contributed by atoms with Crippen LogP contribution in [0.5, 0.6) is 0 Å². The van der Waals surface area contributed by atoms with E-state index in [0.717, 1.165) is 52.4 Å². The van der Waals surface area contributed by atoms with Crippen LogP contribution < -0.4 is 5.32 Å². The molecule has 1 aliphatic heterocycles. The zero-order valence-electron chi connectivity index (χ0n) is 15.0. The molecule has 1 rings (SSSR count). The van der Waals surface area contributed by atoms with Crippen LogP contribution >= 0.6 is 0 Å². The molecule has 0 aromatic heterocycles. The second-order valence-electron chi connectivity index (χ2n) is 8.03. The molecule has 0 saturated carbocycles. The van der Waals surface area contributed by atoms with Gasteiger partial charge in [0.2, 0.25) is 0 Å². The van der Waals surface area contributed by atoms with Gasteiger partial charge in [0.25, 0.3) is 0 Å². The van der Waals surface area contributed by atoms with Crippen molar-refractivity contribution >= 4 is 0 Å². The number of nitrogens with zero attached hydrogens (tertiary/aromatic N) is 1. The van der Waals surface area contributed by atoms with E-state index in [0.29, 0.717) is 5.92 Å². The predicted molar refractivity (Wildman–Crippen MR) is 88.8 cm³/mol. The van der Waals surface area contributed by atoms with E-state index in [1.807, 2.05) is 0 Å². The molecule has 1 atom stereocenters. The Morgan fingerprint density at radius 1 is 1.33 bits per heavy atom. The molecule has 0 aromatic carbocycles. The van der Waals surface area contributed by atoms with Gasteiger partial charge in [0, 0.05) is 50.8 Å². The molecule has 21 heavy (non-hydrogen) atoms. The van der Waals surface area contributed by atoms with Crippen LogP contribution in [-0.2, 0) is 9.47 Å². The van der Waals surface area contributed by atoms with Crippen molar-refractivity contribution in [3.63, 3.8) is 0 Å². The van der Waals surface area contributed by atoms with Gasteiger partial charge in [0.05, 0.1) is 13.2 Å². The first-order valence-corrected chi connectivity index (χ1v) is 8.30. The molecule has 1 fully saturated rings. The fourth-order valence-corrected chi connectivity index (χ4v) is 2.87. The van der Waals surface area contributed by atoms with Gasteiger partial charge in [0.15, 0.2) is 0 Å². The van der Waals surface area contributed by atoms with E-state index in [1.54, 1.807) is 7.11 Å². The largest absolute Gasteiger partial charge is 0.383 e. The molecular formula is C17H36N2O2. The number of nitrogens with one attached hydrogen (secondary N) is 1. The van der Waals surface area contributed by atoms with Gasteiger partial charge in [-0.1, -0.05) is 13.8 Å². The summed E-state index contributed by atoms with van der Waals surface area (Å²) in [5, 5.41) is 3.68. The SMILES string of the molecule is COCCN(CC(C)C)CC1(CNC(C)(C)C)CCOC1. The van der Waals surface area contributed by atoms with E-state index < -0.39 is 0 Å². The van der Waals surface area contributed by atoms with Gasteiger partial charge in [0.1, 0.15) is 0 Å². The van der Waals surface area contributed by atoms with Crippen molar-refractivity contribution in [3.8, 4) is 0 Å². The number of methoxy groups -OCH3 is 1. The summed E-state index contributed by atoms with van der Waals surface area (Å²) in [7, 11) is 1.78. The van der Waals surface area contributed by atoms with Gasteiger partial charge in [-0.3, -0.25) is 0 Å². The summed E-state index contributed by atoms with van der Waals surface area (Å²) < 4.78 is 11.0. The number of rotatable bonds is 9. The molecule has 4 nitrogen and oxygen atoms in total. The quantitative estimate of drug-likeness (QED) is 0.709. The van der Waals surface area contributed by atoms with Crippen molar-refractivity contribution < 1.29 is 9.47 Å². The summed E-state index contributed by atoms with van der Waals surface area (Å²) in [6.07, 6.45) is 1.15. The highest BCUT2D eigenvalue weighted by molar-refractivity contribution is 4.90. The minimum atomic E-state index is 0.158. The topological polar surface area (TPSA) is 33.7 Å². The third kappa shape index (κ3) is 7.59. The molecule has 1 heterocycles. The molecule has 1 unspecified atom stereocenters. The zero-order chi connectivity index (χ0) is 15.9. The zero-order valence-corrected chi connectivity index (χ0v) is 15.0. The van der Waals surface area contributed by atoms with Crippen molar-refractivity contribution in [2.45, 2.75) is 46.6 Å². The molecule has 0 spiro atoms. The standard InChI is InChI=1S/C17H36N2O2/c1-15(2)11-19(8-10-20-6)13-17(7-9-21-14-17)12-18-16(3,4)5/h15,18H,7-14H2,1-6H3. The van der Waals surface area contributed by atoms with Crippen LogP contribution in [0.4, 0.5) is 0 Å². The lowest BCUT2D eigenvalue weighted by Gasteiger charge is -2.37. The molecular weight excluding hydrogens is 264 g/mol.